The van der Waals surface area contributed by atoms with Gasteiger partial charge in [0.25, 0.3) is 15.6 Å². The number of hydrogen-bond acceptors (Lipinski definition) is 6. The third-order valence-electron chi connectivity index (χ3n) is 6.05. The van der Waals surface area contributed by atoms with E-state index in [1.807, 2.05) is 49.4 Å². The average Bonchev–Trinajstić information content (AvgIpc) is 2.90. The Kier molecular flexibility index (Phi) is 6.06. The summed E-state index contributed by atoms with van der Waals surface area (Å²) >= 11 is 7.92. The van der Waals surface area contributed by atoms with Crippen LogP contribution in [-0.4, -0.2) is 23.1 Å². The third kappa shape index (κ3) is 4.38. The lowest BCUT2D eigenvalue weighted by atomic mass is 10.1. The van der Waals surface area contributed by atoms with E-state index in [4.69, 9.17) is 16.6 Å². The number of amidine groups is 1. The van der Waals surface area contributed by atoms with Crippen LogP contribution in [-0.2, 0) is 10.0 Å². The zero-order valence-electron chi connectivity index (χ0n) is 19.9. The van der Waals surface area contributed by atoms with Crippen LogP contribution in [0.3, 0.4) is 0 Å². The van der Waals surface area contributed by atoms with Gasteiger partial charge in [-0.2, -0.15) is 8.42 Å². The summed E-state index contributed by atoms with van der Waals surface area (Å²) in [5.41, 5.74) is 2.89. The molecule has 0 saturated heterocycles. The summed E-state index contributed by atoms with van der Waals surface area (Å²) in [6.07, 6.45) is 0. The van der Waals surface area contributed by atoms with E-state index in [0.29, 0.717) is 27.0 Å². The number of nitrogens with one attached hydrogen (secondary N) is 1. The number of anilines is 1. The molecule has 0 bridgehead atoms. The van der Waals surface area contributed by atoms with Crippen molar-refractivity contribution in [1.82, 2.24) is 9.55 Å². The van der Waals surface area contributed by atoms with Gasteiger partial charge in [0.05, 0.1) is 21.6 Å². The van der Waals surface area contributed by atoms with Crippen LogP contribution in [0.5, 0.6) is 0 Å². The van der Waals surface area contributed by atoms with Crippen LogP contribution in [0.1, 0.15) is 5.56 Å². The second-order valence-corrected chi connectivity index (χ2v) is 11.7. The van der Waals surface area contributed by atoms with Crippen LogP contribution < -0.4 is 10.9 Å². The summed E-state index contributed by atoms with van der Waals surface area (Å²) in [4.78, 5) is 18.8. The zero-order chi connectivity index (χ0) is 26.4. The van der Waals surface area contributed by atoms with Crippen LogP contribution in [0, 0.1) is 6.92 Å². The van der Waals surface area contributed by atoms with Crippen LogP contribution in [0.4, 0.5) is 5.69 Å². The number of halogens is 1. The molecular formula is C28H19ClN4O3S2. The number of thioether (sulfide) groups is 1. The lowest BCUT2D eigenvalue weighted by molar-refractivity contribution is 0.596. The zero-order valence-corrected chi connectivity index (χ0v) is 22.3. The Labute approximate surface area is 227 Å². The molecule has 0 aliphatic carbocycles. The topological polar surface area (TPSA) is 93.4 Å². The van der Waals surface area contributed by atoms with E-state index >= 15 is 0 Å². The first-order valence-electron chi connectivity index (χ1n) is 11.6. The van der Waals surface area contributed by atoms with E-state index < -0.39 is 10.0 Å². The lowest BCUT2D eigenvalue weighted by Crippen LogP contribution is -2.22. The number of aromatic nitrogens is 2. The smallest absolute Gasteiger partial charge is 0.285 e. The first-order chi connectivity index (χ1) is 18.3. The standard InChI is InChI=1S/C28H19ClN4O3S2/c1-17-11-13-18(14-12-17)30-28-32-38(35,36)25-15-21(22(29)16-24(25)37-28)26-31-23-10-6-5-9-20(23)27(34)33(26)19-7-3-2-4-8-19/h2-16H,1H3,(H,30,32). The molecule has 0 fully saturated rings. The minimum absolute atomic E-state index is 0.00150. The van der Waals surface area contributed by atoms with Gasteiger partial charge in [-0.05, 0) is 67.2 Å². The van der Waals surface area contributed by atoms with E-state index in [1.54, 1.807) is 42.5 Å². The maximum atomic E-state index is 13.6. The molecule has 10 heteroatoms. The largest absolute Gasteiger partial charge is 0.334 e. The fourth-order valence-corrected chi connectivity index (χ4v) is 7.06. The molecule has 0 radical (unpaired) electrons. The van der Waals surface area contributed by atoms with Gasteiger partial charge in [0, 0.05) is 16.1 Å². The van der Waals surface area contributed by atoms with Crippen molar-refractivity contribution in [2.24, 2.45) is 4.40 Å². The molecule has 0 unspecified atom stereocenters. The molecule has 0 amide bonds. The summed E-state index contributed by atoms with van der Waals surface area (Å²) in [6, 6.07) is 26.6. The van der Waals surface area contributed by atoms with Crippen molar-refractivity contribution in [2.75, 3.05) is 5.32 Å². The summed E-state index contributed by atoms with van der Waals surface area (Å²) in [6.45, 7) is 1.97. The number of nitrogens with zero attached hydrogens (tertiary/aromatic N) is 3. The molecule has 2 heterocycles. The fraction of sp³-hybridized carbons (Fsp3) is 0.0357. The molecule has 5 aromatic rings. The highest BCUT2D eigenvalue weighted by atomic mass is 35.5. The quantitative estimate of drug-likeness (QED) is 0.280. The molecule has 6 rings (SSSR count). The number of rotatable bonds is 3. The van der Waals surface area contributed by atoms with Crippen LogP contribution in [0.2, 0.25) is 5.02 Å². The van der Waals surface area contributed by atoms with Gasteiger partial charge in [0.15, 0.2) is 5.17 Å². The Bertz CT molecular complexity index is 1920. The van der Waals surface area contributed by atoms with Crippen LogP contribution >= 0.6 is 23.4 Å². The first-order valence-corrected chi connectivity index (χ1v) is 14.2. The van der Waals surface area contributed by atoms with E-state index in [-0.39, 0.29) is 26.5 Å². The van der Waals surface area contributed by atoms with Crippen molar-refractivity contribution in [2.45, 2.75) is 16.7 Å². The Morgan fingerprint density at radius 3 is 2.39 bits per heavy atom. The molecule has 1 aliphatic rings. The Morgan fingerprint density at radius 2 is 1.63 bits per heavy atom. The minimum atomic E-state index is -4.07. The summed E-state index contributed by atoms with van der Waals surface area (Å²) in [7, 11) is -4.07. The number of aryl methyl sites for hydroxylation is 1. The highest BCUT2D eigenvalue weighted by molar-refractivity contribution is 8.15. The SMILES string of the molecule is Cc1ccc(NC2=NS(=O)(=O)c3cc(-c4nc5ccccc5c(=O)n4-c4ccccc4)c(Cl)cc3S2)cc1. The van der Waals surface area contributed by atoms with Crippen molar-refractivity contribution in [3.63, 3.8) is 0 Å². The van der Waals surface area contributed by atoms with Crippen molar-refractivity contribution in [3.8, 4) is 17.1 Å². The molecule has 4 aromatic carbocycles. The maximum Gasteiger partial charge on any atom is 0.285 e. The van der Waals surface area contributed by atoms with Gasteiger partial charge in [-0.25, -0.2) is 4.98 Å². The first kappa shape index (κ1) is 24.4. The summed E-state index contributed by atoms with van der Waals surface area (Å²) < 4.78 is 32.0. The van der Waals surface area contributed by atoms with Crippen molar-refractivity contribution < 1.29 is 8.42 Å². The highest BCUT2D eigenvalue weighted by Gasteiger charge is 2.29. The van der Waals surface area contributed by atoms with E-state index in [2.05, 4.69) is 9.71 Å². The number of sulfonamides is 1. The van der Waals surface area contributed by atoms with Gasteiger partial charge in [0.2, 0.25) is 0 Å². The normalized spacial score (nSPS) is 14.1. The second kappa shape index (κ2) is 9.43. The van der Waals surface area contributed by atoms with E-state index in [1.165, 1.54) is 22.4 Å². The predicted molar refractivity (Wildman–Crippen MR) is 153 cm³/mol. The number of fused-ring (bicyclic) bond motifs is 2. The minimum Gasteiger partial charge on any atom is -0.334 e. The molecular weight excluding hydrogens is 540 g/mol. The second-order valence-electron chi connectivity index (χ2n) is 8.67. The molecule has 0 atom stereocenters. The van der Waals surface area contributed by atoms with Gasteiger partial charge in [-0.1, -0.05) is 59.6 Å². The van der Waals surface area contributed by atoms with E-state index in [0.717, 1.165) is 11.3 Å². The number of para-hydroxylation sites is 2. The van der Waals surface area contributed by atoms with Gasteiger partial charge >= 0.3 is 0 Å². The molecule has 38 heavy (non-hydrogen) atoms. The van der Waals surface area contributed by atoms with Crippen molar-refractivity contribution in [3.05, 3.63) is 112 Å². The van der Waals surface area contributed by atoms with Crippen molar-refractivity contribution >= 4 is 55.1 Å². The molecule has 1 aromatic heterocycles. The third-order valence-corrected chi connectivity index (χ3v) is 8.87. The van der Waals surface area contributed by atoms with Gasteiger partial charge in [0.1, 0.15) is 10.7 Å². The molecule has 1 N–H and O–H groups in total. The molecule has 188 valence electrons. The fourth-order valence-electron chi connectivity index (χ4n) is 4.21. The number of benzene rings is 4. The molecule has 0 saturated carbocycles. The molecule has 7 nitrogen and oxygen atoms in total. The summed E-state index contributed by atoms with van der Waals surface area (Å²) in [5, 5.41) is 3.98. The Morgan fingerprint density at radius 1 is 0.921 bits per heavy atom. The van der Waals surface area contributed by atoms with Crippen molar-refractivity contribution in [1.29, 1.82) is 0 Å². The summed E-state index contributed by atoms with van der Waals surface area (Å²) in [5.74, 6) is 0.237. The van der Waals surface area contributed by atoms with E-state index in [9.17, 15) is 13.2 Å². The van der Waals surface area contributed by atoms with Gasteiger partial charge in [-0.3, -0.25) is 9.36 Å². The van der Waals surface area contributed by atoms with Crippen LogP contribution in [0.15, 0.2) is 110 Å². The van der Waals surface area contributed by atoms with Crippen LogP contribution in [0.25, 0.3) is 28.0 Å². The monoisotopic (exact) mass is 558 g/mol. The Balaban J connectivity index is 1.51. The molecule has 0 spiro atoms. The average molecular weight is 559 g/mol. The highest BCUT2D eigenvalue weighted by Crippen LogP contribution is 2.41. The van der Waals surface area contributed by atoms with Gasteiger partial charge < -0.3 is 5.32 Å². The Hall–Kier alpha value is -3.92. The molecule has 1 aliphatic heterocycles. The predicted octanol–water partition coefficient (Wildman–Crippen LogP) is 6.28. The maximum absolute atomic E-state index is 13.6. The van der Waals surface area contributed by atoms with Gasteiger partial charge in [-0.15, -0.1) is 4.40 Å². The lowest BCUT2D eigenvalue weighted by Gasteiger charge is -2.20. The number of hydrogen-bond donors (Lipinski definition) is 1.